The monoisotopic (exact) mass is 319 g/mol. The number of hydrogen-bond acceptors (Lipinski definition) is 4. The molecule has 0 aromatic heterocycles. The fourth-order valence-corrected chi connectivity index (χ4v) is 3.66. The van der Waals surface area contributed by atoms with E-state index < -0.39 is 24.1 Å². The lowest BCUT2D eigenvalue weighted by Crippen LogP contribution is -2.55. The standard InChI is InChI=1S/C17H21NO5/c19-15-13-6-12(16(20)21)7-14(15)9-18(8-13)17(22)23-10-11-4-2-1-3-5-11/h1-5,12-15,19H,6-10H2,(H,20,21). The molecule has 2 aliphatic rings. The van der Waals surface area contributed by atoms with Gasteiger partial charge in [-0.3, -0.25) is 4.79 Å². The molecule has 0 spiro atoms. The van der Waals surface area contributed by atoms with E-state index in [0.29, 0.717) is 25.9 Å². The second-order valence-electron chi connectivity index (χ2n) is 6.46. The van der Waals surface area contributed by atoms with Crippen LogP contribution in [-0.2, 0) is 16.1 Å². The van der Waals surface area contributed by atoms with E-state index in [1.54, 1.807) is 4.90 Å². The number of nitrogens with zero attached hydrogens (tertiary/aromatic N) is 1. The number of benzene rings is 1. The highest BCUT2D eigenvalue weighted by molar-refractivity contribution is 5.71. The fraction of sp³-hybridized carbons (Fsp3) is 0.529. The average Bonchev–Trinajstić information content (AvgIpc) is 2.53. The van der Waals surface area contributed by atoms with Gasteiger partial charge in [-0.1, -0.05) is 30.3 Å². The van der Waals surface area contributed by atoms with Gasteiger partial charge in [-0.25, -0.2) is 4.79 Å². The first-order valence-corrected chi connectivity index (χ1v) is 7.91. The number of likely N-dealkylation sites (tertiary alicyclic amines) is 1. The number of carbonyl (C=O) groups excluding carboxylic acids is 1. The van der Waals surface area contributed by atoms with Crippen molar-refractivity contribution in [1.29, 1.82) is 0 Å². The van der Waals surface area contributed by atoms with Gasteiger partial charge in [0, 0.05) is 24.9 Å². The lowest BCUT2D eigenvalue weighted by molar-refractivity contribution is -0.148. The normalized spacial score (nSPS) is 29.9. The Hall–Kier alpha value is -2.08. The van der Waals surface area contributed by atoms with Crippen molar-refractivity contribution in [3.8, 4) is 0 Å². The van der Waals surface area contributed by atoms with Crippen molar-refractivity contribution in [2.75, 3.05) is 13.1 Å². The van der Waals surface area contributed by atoms with E-state index >= 15 is 0 Å². The average molecular weight is 319 g/mol. The Morgan fingerprint density at radius 3 is 2.30 bits per heavy atom. The molecule has 2 unspecified atom stereocenters. The van der Waals surface area contributed by atoms with Crippen LogP contribution in [0.1, 0.15) is 18.4 Å². The zero-order chi connectivity index (χ0) is 16.4. The number of piperidine rings is 1. The lowest BCUT2D eigenvalue weighted by Gasteiger charge is -2.46. The van der Waals surface area contributed by atoms with Crippen LogP contribution in [-0.4, -0.2) is 46.4 Å². The van der Waals surface area contributed by atoms with Crippen LogP contribution in [0.5, 0.6) is 0 Å². The number of fused-ring (bicyclic) bond motifs is 2. The summed E-state index contributed by atoms with van der Waals surface area (Å²) in [6.07, 6.45) is -0.0985. The van der Waals surface area contributed by atoms with Gasteiger partial charge in [0.2, 0.25) is 0 Å². The van der Waals surface area contributed by atoms with Crippen molar-refractivity contribution in [2.45, 2.75) is 25.6 Å². The van der Waals surface area contributed by atoms with Crippen LogP contribution < -0.4 is 0 Å². The molecule has 2 N–H and O–H groups in total. The maximum atomic E-state index is 12.2. The summed E-state index contributed by atoms with van der Waals surface area (Å²) in [5, 5.41) is 19.4. The summed E-state index contributed by atoms with van der Waals surface area (Å²) in [7, 11) is 0. The van der Waals surface area contributed by atoms with Crippen LogP contribution in [0.3, 0.4) is 0 Å². The molecule has 1 saturated heterocycles. The smallest absolute Gasteiger partial charge is 0.410 e. The van der Waals surface area contributed by atoms with Crippen molar-refractivity contribution in [2.24, 2.45) is 17.8 Å². The van der Waals surface area contributed by atoms with E-state index in [1.807, 2.05) is 30.3 Å². The van der Waals surface area contributed by atoms with Gasteiger partial charge in [-0.05, 0) is 18.4 Å². The number of carbonyl (C=O) groups is 2. The topological polar surface area (TPSA) is 87.1 Å². The van der Waals surface area contributed by atoms with E-state index in [0.717, 1.165) is 5.56 Å². The van der Waals surface area contributed by atoms with Crippen molar-refractivity contribution >= 4 is 12.1 Å². The Bertz CT molecular complexity index is 560. The van der Waals surface area contributed by atoms with Crippen LogP contribution in [0, 0.1) is 17.8 Å². The number of hydrogen-bond donors (Lipinski definition) is 2. The van der Waals surface area contributed by atoms with Crippen molar-refractivity contribution in [3.63, 3.8) is 0 Å². The summed E-state index contributed by atoms with van der Waals surface area (Å²) in [6, 6.07) is 9.45. The maximum Gasteiger partial charge on any atom is 0.410 e. The maximum absolute atomic E-state index is 12.2. The predicted molar refractivity (Wildman–Crippen MR) is 81.5 cm³/mol. The zero-order valence-electron chi connectivity index (χ0n) is 12.8. The summed E-state index contributed by atoms with van der Waals surface area (Å²) in [5.74, 6) is -1.61. The van der Waals surface area contributed by atoms with E-state index in [4.69, 9.17) is 4.74 Å². The van der Waals surface area contributed by atoms with Gasteiger partial charge < -0.3 is 19.8 Å². The third-order valence-electron chi connectivity index (χ3n) is 4.86. The molecule has 2 fully saturated rings. The van der Waals surface area contributed by atoms with Gasteiger partial charge in [-0.15, -0.1) is 0 Å². The number of aliphatic hydroxyl groups excluding tert-OH is 1. The molecule has 1 aliphatic carbocycles. The first kappa shape index (κ1) is 15.8. The third-order valence-corrected chi connectivity index (χ3v) is 4.86. The summed E-state index contributed by atoms with van der Waals surface area (Å²) < 4.78 is 5.33. The Morgan fingerprint density at radius 2 is 1.74 bits per heavy atom. The van der Waals surface area contributed by atoms with Gasteiger partial charge in [0.1, 0.15) is 6.61 Å². The third kappa shape index (κ3) is 3.47. The van der Waals surface area contributed by atoms with E-state index in [2.05, 4.69) is 0 Å². The second-order valence-corrected chi connectivity index (χ2v) is 6.46. The first-order chi connectivity index (χ1) is 11.0. The van der Waals surface area contributed by atoms with Crippen LogP contribution >= 0.6 is 0 Å². The largest absolute Gasteiger partial charge is 0.481 e. The number of ether oxygens (including phenoxy) is 1. The van der Waals surface area contributed by atoms with E-state index in [-0.39, 0.29) is 18.4 Å². The molecule has 1 aromatic rings. The summed E-state index contributed by atoms with van der Waals surface area (Å²) in [5.41, 5.74) is 0.920. The molecule has 1 aliphatic heterocycles. The number of aliphatic hydroxyl groups is 1. The molecule has 2 bridgehead atoms. The highest BCUT2D eigenvalue weighted by Crippen LogP contribution is 2.38. The van der Waals surface area contributed by atoms with Crippen molar-refractivity contribution in [3.05, 3.63) is 35.9 Å². The van der Waals surface area contributed by atoms with Crippen LogP contribution in [0.4, 0.5) is 4.79 Å². The molecule has 124 valence electrons. The number of rotatable bonds is 3. The first-order valence-electron chi connectivity index (χ1n) is 7.91. The Balaban J connectivity index is 1.58. The molecule has 1 saturated carbocycles. The van der Waals surface area contributed by atoms with Crippen LogP contribution in [0.25, 0.3) is 0 Å². The summed E-state index contributed by atoms with van der Waals surface area (Å²) in [6.45, 7) is 0.927. The minimum atomic E-state index is -0.813. The summed E-state index contributed by atoms with van der Waals surface area (Å²) in [4.78, 5) is 25.0. The molecule has 1 amide bonds. The fourth-order valence-electron chi connectivity index (χ4n) is 3.66. The Labute approximate surface area is 134 Å². The van der Waals surface area contributed by atoms with Gasteiger partial charge in [0.15, 0.2) is 0 Å². The molecule has 1 heterocycles. The zero-order valence-corrected chi connectivity index (χ0v) is 12.8. The SMILES string of the molecule is O=C(O)C1CC2CN(C(=O)OCc3ccccc3)CC(C1)C2O. The van der Waals surface area contributed by atoms with E-state index in [9.17, 15) is 19.8 Å². The lowest BCUT2D eigenvalue weighted by atomic mass is 9.70. The van der Waals surface area contributed by atoms with Gasteiger partial charge >= 0.3 is 12.1 Å². The van der Waals surface area contributed by atoms with Crippen molar-refractivity contribution < 1.29 is 24.5 Å². The van der Waals surface area contributed by atoms with Crippen LogP contribution in [0.2, 0.25) is 0 Å². The molecule has 3 rings (SSSR count). The second kappa shape index (κ2) is 6.58. The predicted octanol–water partition coefficient (Wildman–Crippen LogP) is 1.73. The molecule has 2 atom stereocenters. The summed E-state index contributed by atoms with van der Waals surface area (Å²) >= 11 is 0. The quantitative estimate of drug-likeness (QED) is 0.886. The molecule has 1 aromatic carbocycles. The molecule has 6 nitrogen and oxygen atoms in total. The molecule has 6 heteroatoms. The highest BCUT2D eigenvalue weighted by atomic mass is 16.6. The van der Waals surface area contributed by atoms with E-state index in [1.165, 1.54) is 0 Å². The van der Waals surface area contributed by atoms with Gasteiger partial charge in [0.05, 0.1) is 12.0 Å². The minimum absolute atomic E-state index is 0.187. The number of carboxylic acids is 1. The highest BCUT2D eigenvalue weighted by Gasteiger charge is 2.45. The Kier molecular flexibility index (Phi) is 4.52. The van der Waals surface area contributed by atoms with Crippen LogP contribution in [0.15, 0.2) is 30.3 Å². The molecular weight excluding hydrogens is 298 g/mol. The number of amides is 1. The van der Waals surface area contributed by atoms with Crippen molar-refractivity contribution in [1.82, 2.24) is 4.90 Å². The molecular formula is C17H21NO5. The van der Waals surface area contributed by atoms with Gasteiger partial charge in [0.25, 0.3) is 0 Å². The minimum Gasteiger partial charge on any atom is -0.481 e. The molecule has 23 heavy (non-hydrogen) atoms. The molecule has 0 radical (unpaired) electrons. The number of aliphatic carboxylic acids is 1. The number of carboxylic acid groups (broad SMARTS) is 1. The Morgan fingerprint density at radius 1 is 1.13 bits per heavy atom. The van der Waals surface area contributed by atoms with Gasteiger partial charge in [-0.2, -0.15) is 0 Å².